The van der Waals surface area contributed by atoms with Gasteiger partial charge in [0.1, 0.15) is 0 Å². The van der Waals surface area contributed by atoms with Gasteiger partial charge < -0.3 is 10.4 Å². The lowest BCUT2D eigenvalue weighted by Gasteiger charge is -2.09. The molecule has 0 aliphatic heterocycles. The third-order valence-electron chi connectivity index (χ3n) is 2.42. The second-order valence-electron chi connectivity index (χ2n) is 3.71. The van der Waals surface area contributed by atoms with Crippen molar-refractivity contribution in [1.82, 2.24) is 4.98 Å². The predicted octanol–water partition coefficient (Wildman–Crippen LogP) is 3.05. The van der Waals surface area contributed by atoms with Crippen molar-refractivity contribution in [2.24, 2.45) is 0 Å². The van der Waals surface area contributed by atoms with Crippen LogP contribution >= 0.6 is 11.6 Å². The van der Waals surface area contributed by atoms with Gasteiger partial charge in [-0.15, -0.1) is 0 Å². The highest BCUT2D eigenvalue weighted by Gasteiger charge is 2.10. The fraction of sp³-hybridized carbons (Fsp3) is 0.0769. The number of rotatable bonds is 4. The van der Waals surface area contributed by atoms with Gasteiger partial charge in [0.05, 0.1) is 5.56 Å². The lowest BCUT2D eigenvalue weighted by atomic mass is 10.1. The minimum atomic E-state index is -1.01. The van der Waals surface area contributed by atoms with Gasteiger partial charge in [0.15, 0.2) is 0 Å². The first kappa shape index (κ1) is 12.4. The molecule has 0 fully saturated rings. The molecule has 2 N–H and O–H groups in total. The topological polar surface area (TPSA) is 62.2 Å². The first-order valence-corrected chi connectivity index (χ1v) is 5.70. The van der Waals surface area contributed by atoms with Crippen molar-refractivity contribution in [2.45, 2.75) is 6.54 Å². The third kappa shape index (κ3) is 2.99. The Bertz CT molecular complexity index is 558. The Morgan fingerprint density at radius 3 is 2.89 bits per heavy atom. The van der Waals surface area contributed by atoms with Crippen LogP contribution in [0.25, 0.3) is 0 Å². The molecule has 0 saturated heterocycles. The molecule has 0 aliphatic carbocycles. The number of benzene rings is 1. The highest BCUT2D eigenvalue weighted by atomic mass is 35.5. The number of carboxylic acid groups (broad SMARTS) is 1. The summed E-state index contributed by atoms with van der Waals surface area (Å²) in [6.07, 6.45) is 3.41. The summed E-state index contributed by atoms with van der Waals surface area (Å²) < 4.78 is 0. The van der Waals surface area contributed by atoms with Crippen molar-refractivity contribution >= 4 is 23.3 Å². The molecule has 5 heteroatoms. The van der Waals surface area contributed by atoms with E-state index in [4.69, 9.17) is 16.7 Å². The molecule has 0 saturated carbocycles. The average Bonchev–Trinajstić information content (AvgIpc) is 2.38. The van der Waals surface area contributed by atoms with E-state index in [9.17, 15) is 4.79 Å². The molecule has 92 valence electrons. The van der Waals surface area contributed by atoms with Crippen LogP contribution in [0, 0.1) is 0 Å². The Morgan fingerprint density at radius 1 is 1.39 bits per heavy atom. The SMILES string of the molecule is O=C(O)c1cc(Cl)ccc1NCc1cccnc1. The quantitative estimate of drug-likeness (QED) is 0.889. The number of pyridine rings is 1. The Labute approximate surface area is 109 Å². The number of nitrogens with one attached hydrogen (secondary N) is 1. The van der Waals surface area contributed by atoms with Gasteiger partial charge in [-0.2, -0.15) is 0 Å². The first-order chi connectivity index (χ1) is 8.66. The van der Waals surface area contributed by atoms with Crippen LogP contribution in [-0.4, -0.2) is 16.1 Å². The van der Waals surface area contributed by atoms with Gasteiger partial charge in [-0.25, -0.2) is 4.79 Å². The van der Waals surface area contributed by atoms with Gasteiger partial charge in [0.25, 0.3) is 0 Å². The molecular formula is C13H11ClN2O2. The lowest BCUT2D eigenvalue weighted by molar-refractivity contribution is 0.0698. The standard InChI is InChI=1S/C13H11ClN2O2/c14-10-3-4-12(11(6-10)13(17)18)16-8-9-2-1-5-15-7-9/h1-7,16H,8H2,(H,17,18). The number of aromatic nitrogens is 1. The number of anilines is 1. The van der Waals surface area contributed by atoms with Crippen LogP contribution in [-0.2, 0) is 6.54 Å². The monoisotopic (exact) mass is 262 g/mol. The minimum Gasteiger partial charge on any atom is -0.478 e. The maximum absolute atomic E-state index is 11.1. The van der Waals surface area contributed by atoms with E-state index >= 15 is 0 Å². The largest absolute Gasteiger partial charge is 0.478 e. The van der Waals surface area contributed by atoms with Crippen LogP contribution in [0.5, 0.6) is 0 Å². The number of aromatic carboxylic acids is 1. The molecule has 0 unspecified atom stereocenters. The fourth-order valence-electron chi connectivity index (χ4n) is 1.55. The molecule has 4 nitrogen and oxygen atoms in total. The van der Waals surface area contributed by atoms with Crippen LogP contribution in [0.2, 0.25) is 5.02 Å². The van der Waals surface area contributed by atoms with E-state index in [1.165, 1.54) is 6.07 Å². The zero-order valence-corrected chi connectivity index (χ0v) is 10.2. The van der Waals surface area contributed by atoms with E-state index in [1.54, 1.807) is 24.5 Å². The van der Waals surface area contributed by atoms with Gasteiger partial charge >= 0.3 is 5.97 Å². The smallest absolute Gasteiger partial charge is 0.337 e. The maximum Gasteiger partial charge on any atom is 0.337 e. The van der Waals surface area contributed by atoms with Crippen molar-refractivity contribution in [2.75, 3.05) is 5.32 Å². The van der Waals surface area contributed by atoms with Crippen LogP contribution in [0.1, 0.15) is 15.9 Å². The zero-order chi connectivity index (χ0) is 13.0. The van der Waals surface area contributed by atoms with Gasteiger partial charge in [0, 0.05) is 29.6 Å². The summed E-state index contributed by atoms with van der Waals surface area (Å²) in [6, 6.07) is 8.48. The summed E-state index contributed by atoms with van der Waals surface area (Å²) in [4.78, 5) is 15.1. The summed E-state index contributed by atoms with van der Waals surface area (Å²) in [7, 11) is 0. The van der Waals surface area contributed by atoms with E-state index in [1.807, 2.05) is 12.1 Å². The molecule has 1 aromatic heterocycles. The molecular weight excluding hydrogens is 252 g/mol. The summed E-state index contributed by atoms with van der Waals surface area (Å²) in [5.41, 5.74) is 1.67. The third-order valence-corrected chi connectivity index (χ3v) is 2.65. The molecule has 0 radical (unpaired) electrons. The van der Waals surface area contributed by atoms with E-state index in [-0.39, 0.29) is 5.56 Å². The van der Waals surface area contributed by atoms with Gasteiger partial charge in [-0.3, -0.25) is 4.98 Å². The van der Waals surface area contributed by atoms with Crippen LogP contribution in [0.4, 0.5) is 5.69 Å². The van der Waals surface area contributed by atoms with Gasteiger partial charge in [-0.1, -0.05) is 17.7 Å². The Hall–Kier alpha value is -2.07. The summed E-state index contributed by atoms with van der Waals surface area (Å²) in [6.45, 7) is 0.510. The van der Waals surface area contributed by atoms with Crippen molar-refractivity contribution in [3.05, 3.63) is 58.9 Å². The number of nitrogens with zero attached hydrogens (tertiary/aromatic N) is 1. The molecule has 0 atom stereocenters. The lowest BCUT2D eigenvalue weighted by Crippen LogP contribution is -2.06. The molecule has 1 heterocycles. The van der Waals surface area contributed by atoms with Crippen LogP contribution < -0.4 is 5.32 Å². The number of hydrogen-bond acceptors (Lipinski definition) is 3. The Kier molecular flexibility index (Phi) is 3.79. The van der Waals surface area contributed by atoms with Crippen LogP contribution in [0.15, 0.2) is 42.7 Å². The number of carbonyl (C=O) groups is 1. The minimum absolute atomic E-state index is 0.159. The molecule has 0 aliphatic rings. The van der Waals surface area contributed by atoms with Crippen molar-refractivity contribution in [3.63, 3.8) is 0 Å². The molecule has 1 aromatic carbocycles. The van der Waals surface area contributed by atoms with Crippen molar-refractivity contribution < 1.29 is 9.90 Å². The van der Waals surface area contributed by atoms with E-state index in [0.717, 1.165) is 5.56 Å². The molecule has 0 bridgehead atoms. The molecule has 2 rings (SSSR count). The van der Waals surface area contributed by atoms with Gasteiger partial charge in [0.2, 0.25) is 0 Å². The van der Waals surface area contributed by atoms with Gasteiger partial charge in [-0.05, 0) is 29.8 Å². The second kappa shape index (κ2) is 5.51. The predicted molar refractivity (Wildman–Crippen MR) is 70.0 cm³/mol. The van der Waals surface area contributed by atoms with E-state index < -0.39 is 5.97 Å². The highest BCUT2D eigenvalue weighted by Crippen LogP contribution is 2.21. The van der Waals surface area contributed by atoms with Crippen molar-refractivity contribution in [3.8, 4) is 0 Å². The Morgan fingerprint density at radius 2 is 2.22 bits per heavy atom. The average molecular weight is 263 g/mol. The van der Waals surface area contributed by atoms with Crippen molar-refractivity contribution in [1.29, 1.82) is 0 Å². The van der Waals surface area contributed by atoms with E-state index in [0.29, 0.717) is 17.3 Å². The zero-order valence-electron chi connectivity index (χ0n) is 9.43. The second-order valence-corrected chi connectivity index (χ2v) is 4.15. The Balaban J connectivity index is 2.17. The normalized spacial score (nSPS) is 10.1. The fourth-order valence-corrected chi connectivity index (χ4v) is 1.72. The number of halogens is 1. The van der Waals surface area contributed by atoms with E-state index in [2.05, 4.69) is 10.3 Å². The molecule has 2 aromatic rings. The summed E-state index contributed by atoms with van der Waals surface area (Å²) in [5.74, 6) is -1.01. The molecule has 0 amide bonds. The first-order valence-electron chi connectivity index (χ1n) is 5.32. The summed E-state index contributed by atoms with van der Waals surface area (Å²) in [5, 5.41) is 12.5. The number of carboxylic acids is 1. The highest BCUT2D eigenvalue weighted by molar-refractivity contribution is 6.31. The maximum atomic E-state index is 11.1. The van der Waals surface area contributed by atoms with Crippen LogP contribution in [0.3, 0.4) is 0 Å². The summed E-state index contributed by atoms with van der Waals surface area (Å²) >= 11 is 5.78. The number of hydrogen-bond donors (Lipinski definition) is 2. The molecule has 18 heavy (non-hydrogen) atoms. The molecule has 0 spiro atoms.